The van der Waals surface area contributed by atoms with Crippen molar-refractivity contribution >= 4 is 28.1 Å². The molecule has 0 saturated carbocycles. The molecule has 0 bridgehead atoms. The minimum Gasteiger partial charge on any atom is -0.248 e. The van der Waals surface area contributed by atoms with Gasteiger partial charge in [-0.05, 0) is 23.3 Å². The first-order chi connectivity index (χ1) is 9.78. The maximum atomic E-state index is 5.81. The van der Waals surface area contributed by atoms with Crippen molar-refractivity contribution in [1.82, 2.24) is 4.98 Å². The summed E-state index contributed by atoms with van der Waals surface area (Å²) in [4.78, 5) is 4.67. The van der Waals surface area contributed by atoms with Crippen molar-refractivity contribution in [3.63, 3.8) is 0 Å². The zero-order valence-electron chi connectivity index (χ0n) is 11.0. The molecule has 0 spiro atoms. The van der Waals surface area contributed by atoms with Crippen LogP contribution >= 0.6 is 11.6 Å². The second-order valence-corrected chi connectivity index (χ2v) is 4.97. The molecule has 3 aromatic rings. The van der Waals surface area contributed by atoms with E-state index in [9.17, 15) is 0 Å². The van der Waals surface area contributed by atoms with Gasteiger partial charge in [-0.15, -0.1) is 11.6 Å². The van der Waals surface area contributed by atoms with Gasteiger partial charge in [-0.1, -0.05) is 55.1 Å². The van der Waals surface area contributed by atoms with E-state index in [4.69, 9.17) is 11.6 Å². The molecule has 0 aliphatic rings. The van der Waals surface area contributed by atoms with Crippen molar-refractivity contribution in [3.8, 4) is 0 Å². The minimum absolute atomic E-state index is 0.529. The van der Waals surface area contributed by atoms with Crippen molar-refractivity contribution in [2.24, 2.45) is 0 Å². The average Bonchev–Trinajstić information content (AvgIpc) is 2.54. The van der Waals surface area contributed by atoms with Gasteiger partial charge in [-0.2, -0.15) is 0 Å². The molecule has 1 nitrogen and oxygen atoms in total. The maximum Gasteiger partial charge on any atom is 0.0709 e. The summed E-state index contributed by atoms with van der Waals surface area (Å²) in [5, 5.41) is 1.14. The van der Waals surface area contributed by atoms with Crippen LogP contribution in [0.3, 0.4) is 0 Å². The number of rotatable bonds is 3. The normalized spacial score (nSPS) is 10.7. The summed E-state index contributed by atoms with van der Waals surface area (Å²) >= 11 is 5.81. The van der Waals surface area contributed by atoms with Gasteiger partial charge in [0.15, 0.2) is 0 Å². The van der Waals surface area contributed by atoms with Crippen LogP contribution in [0.25, 0.3) is 16.5 Å². The number of alkyl halides is 1. The second-order valence-electron chi connectivity index (χ2n) is 4.70. The first-order valence-corrected chi connectivity index (χ1v) is 7.02. The lowest BCUT2D eigenvalue weighted by Gasteiger charge is -2.07. The highest BCUT2D eigenvalue weighted by Gasteiger charge is 2.05. The first kappa shape index (κ1) is 12.9. The number of para-hydroxylation sites is 1. The maximum absolute atomic E-state index is 5.81. The van der Waals surface area contributed by atoms with Crippen molar-refractivity contribution in [3.05, 3.63) is 84.1 Å². The Kier molecular flexibility index (Phi) is 3.53. The van der Waals surface area contributed by atoms with Gasteiger partial charge in [0.1, 0.15) is 0 Å². The van der Waals surface area contributed by atoms with Gasteiger partial charge in [-0.25, -0.2) is 4.98 Å². The summed E-state index contributed by atoms with van der Waals surface area (Å²) in [5.41, 5.74) is 5.00. The fraction of sp³-hybridized carbons (Fsp3) is 0.0556. The molecule has 0 atom stereocenters. The molecule has 1 heterocycles. The van der Waals surface area contributed by atoms with Crippen molar-refractivity contribution in [2.75, 3.05) is 0 Å². The lowest BCUT2D eigenvalue weighted by molar-refractivity contribution is 1.33. The van der Waals surface area contributed by atoms with Gasteiger partial charge in [0, 0.05) is 16.8 Å². The second kappa shape index (κ2) is 5.48. The summed E-state index contributed by atoms with van der Waals surface area (Å²) in [6.07, 6.45) is 0. The van der Waals surface area contributed by atoms with Crippen LogP contribution < -0.4 is 0 Å². The summed E-state index contributed by atoms with van der Waals surface area (Å²) in [7, 11) is 0. The van der Waals surface area contributed by atoms with Crippen LogP contribution in [0.4, 0.5) is 0 Å². The summed E-state index contributed by atoms with van der Waals surface area (Å²) in [5.74, 6) is 0.529. The Bertz CT molecular complexity index is 760. The molecule has 0 fully saturated rings. The third-order valence-electron chi connectivity index (χ3n) is 3.36. The SMILES string of the molecule is C=C(c1ccc(CCl)cc1)c1ccc2ccccc2n1. The van der Waals surface area contributed by atoms with Crippen LogP contribution in [0.1, 0.15) is 16.8 Å². The Labute approximate surface area is 123 Å². The van der Waals surface area contributed by atoms with Gasteiger partial charge in [0.05, 0.1) is 11.2 Å². The zero-order chi connectivity index (χ0) is 13.9. The lowest BCUT2D eigenvalue weighted by Crippen LogP contribution is -1.91. The van der Waals surface area contributed by atoms with E-state index in [0.717, 1.165) is 33.3 Å². The number of halogens is 1. The molecular formula is C18H14ClN. The summed E-state index contributed by atoms with van der Waals surface area (Å²) in [6, 6.07) is 20.3. The number of hydrogen-bond donors (Lipinski definition) is 0. The first-order valence-electron chi connectivity index (χ1n) is 6.48. The number of fused-ring (bicyclic) bond motifs is 1. The number of aromatic nitrogens is 1. The molecule has 98 valence electrons. The van der Waals surface area contributed by atoms with Crippen LogP contribution in [-0.4, -0.2) is 4.98 Å². The van der Waals surface area contributed by atoms with E-state index < -0.39 is 0 Å². The summed E-state index contributed by atoms with van der Waals surface area (Å²) in [6.45, 7) is 4.16. The fourth-order valence-electron chi connectivity index (χ4n) is 2.18. The van der Waals surface area contributed by atoms with E-state index in [1.165, 1.54) is 0 Å². The smallest absolute Gasteiger partial charge is 0.0709 e. The molecule has 0 saturated heterocycles. The van der Waals surface area contributed by atoms with Crippen LogP contribution in [0, 0.1) is 0 Å². The Morgan fingerprint density at radius 2 is 1.70 bits per heavy atom. The summed E-state index contributed by atoms with van der Waals surface area (Å²) < 4.78 is 0. The van der Waals surface area contributed by atoms with Crippen molar-refractivity contribution < 1.29 is 0 Å². The third kappa shape index (κ3) is 2.45. The fourth-order valence-corrected chi connectivity index (χ4v) is 2.36. The number of hydrogen-bond acceptors (Lipinski definition) is 1. The minimum atomic E-state index is 0.529. The topological polar surface area (TPSA) is 12.9 Å². The molecule has 20 heavy (non-hydrogen) atoms. The van der Waals surface area contributed by atoms with E-state index in [1.807, 2.05) is 48.5 Å². The molecule has 3 rings (SSSR count). The standard InChI is InChI=1S/C18H14ClN/c1-13(15-8-6-14(12-19)7-9-15)17-11-10-16-4-2-3-5-18(16)20-17/h2-11H,1,12H2. The monoisotopic (exact) mass is 279 g/mol. The molecule has 1 aromatic heterocycles. The molecule has 0 aliphatic heterocycles. The van der Waals surface area contributed by atoms with Gasteiger partial charge in [0.2, 0.25) is 0 Å². The Morgan fingerprint density at radius 1 is 0.950 bits per heavy atom. The van der Waals surface area contributed by atoms with E-state index in [2.05, 4.69) is 23.7 Å². The number of nitrogens with zero attached hydrogens (tertiary/aromatic N) is 1. The van der Waals surface area contributed by atoms with Gasteiger partial charge in [-0.3, -0.25) is 0 Å². The van der Waals surface area contributed by atoms with Crippen LogP contribution in [0.2, 0.25) is 0 Å². The highest BCUT2D eigenvalue weighted by atomic mass is 35.5. The molecule has 0 amide bonds. The van der Waals surface area contributed by atoms with Gasteiger partial charge < -0.3 is 0 Å². The van der Waals surface area contributed by atoms with Crippen molar-refractivity contribution in [2.45, 2.75) is 5.88 Å². The lowest BCUT2D eigenvalue weighted by atomic mass is 10.0. The molecule has 0 N–H and O–H groups in total. The van der Waals surface area contributed by atoms with E-state index >= 15 is 0 Å². The third-order valence-corrected chi connectivity index (χ3v) is 3.67. The molecule has 2 aromatic carbocycles. The Morgan fingerprint density at radius 3 is 2.45 bits per heavy atom. The Hall–Kier alpha value is -2.12. The van der Waals surface area contributed by atoms with E-state index in [0.29, 0.717) is 5.88 Å². The predicted molar refractivity (Wildman–Crippen MR) is 85.9 cm³/mol. The molecule has 0 radical (unpaired) electrons. The molecule has 0 unspecified atom stereocenters. The number of benzene rings is 2. The number of pyridine rings is 1. The zero-order valence-corrected chi connectivity index (χ0v) is 11.8. The Balaban J connectivity index is 1.98. The van der Waals surface area contributed by atoms with E-state index in [1.54, 1.807) is 0 Å². The highest BCUT2D eigenvalue weighted by molar-refractivity contribution is 6.17. The van der Waals surface area contributed by atoms with Gasteiger partial charge in [0.25, 0.3) is 0 Å². The van der Waals surface area contributed by atoms with Gasteiger partial charge >= 0.3 is 0 Å². The average molecular weight is 280 g/mol. The van der Waals surface area contributed by atoms with E-state index in [-0.39, 0.29) is 0 Å². The molecule has 2 heteroatoms. The highest BCUT2D eigenvalue weighted by Crippen LogP contribution is 2.23. The largest absolute Gasteiger partial charge is 0.248 e. The molecular weight excluding hydrogens is 266 g/mol. The quantitative estimate of drug-likeness (QED) is 0.612. The van der Waals surface area contributed by atoms with Crippen molar-refractivity contribution in [1.29, 1.82) is 0 Å². The van der Waals surface area contributed by atoms with Crippen LogP contribution in [0.15, 0.2) is 67.2 Å². The molecule has 0 aliphatic carbocycles. The van der Waals surface area contributed by atoms with Crippen LogP contribution in [-0.2, 0) is 5.88 Å². The predicted octanol–water partition coefficient (Wildman–Crippen LogP) is 5.04. The van der Waals surface area contributed by atoms with Crippen LogP contribution in [0.5, 0.6) is 0 Å².